The predicted octanol–water partition coefficient (Wildman–Crippen LogP) is 3.33. The van der Waals surface area contributed by atoms with Gasteiger partial charge in [-0.15, -0.1) is 0 Å². The molecule has 0 aliphatic carbocycles. The fraction of sp³-hybridized carbons (Fsp3) is 0.522. The van der Waals surface area contributed by atoms with Gasteiger partial charge in [-0.1, -0.05) is 11.6 Å². The second-order valence-corrected chi connectivity index (χ2v) is 10.3. The lowest BCUT2D eigenvalue weighted by molar-refractivity contribution is -0.0759. The molecule has 0 bridgehead atoms. The molecule has 0 spiro atoms. The second-order valence-electron chi connectivity index (χ2n) is 9.09. The van der Waals surface area contributed by atoms with Gasteiger partial charge in [0.15, 0.2) is 0 Å². The maximum absolute atomic E-state index is 12.6. The van der Waals surface area contributed by atoms with Gasteiger partial charge in [0, 0.05) is 32.9 Å². The largest absolute Gasteiger partial charge is 0.444 e. The molecule has 0 radical (unpaired) electrons. The quantitative estimate of drug-likeness (QED) is 0.549. The van der Waals surface area contributed by atoms with E-state index < -0.39 is 5.60 Å². The molecule has 2 amide bonds. The van der Waals surface area contributed by atoms with Gasteiger partial charge in [0.2, 0.25) is 0 Å². The summed E-state index contributed by atoms with van der Waals surface area (Å²) in [6, 6.07) is 5.56. The number of aromatic nitrogens is 3. The van der Waals surface area contributed by atoms with E-state index in [4.69, 9.17) is 21.1 Å². The van der Waals surface area contributed by atoms with Crippen LogP contribution in [0.25, 0.3) is 0 Å². The molecule has 190 valence electrons. The number of rotatable bonds is 2. The van der Waals surface area contributed by atoms with E-state index in [1.165, 1.54) is 12.5 Å². The Hall–Kier alpha value is -2.34. The third-order valence-electron chi connectivity index (χ3n) is 5.36. The van der Waals surface area contributed by atoms with Gasteiger partial charge in [0.05, 0.1) is 25.3 Å². The lowest BCUT2D eigenvalue weighted by atomic mass is 9.99. The van der Waals surface area contributed by atoms with E-state index in [1.807, 2.05) is 32.9 Å². The van der Waals surface area contributed by atoms with Crippen LogP contribution in [0.4, 0.5) is 4.79 Å². The number of piperazine rings is 1. The first-order valence-corrected chi connectivity index (χ1v) is 12.4. The highest BCUT2D eigenvalue weighted by Crippen LogP contribution is 2.33. The van der Waals surface area contributed by atoms with Crippen molar-refractivity contribution >= 4 is 39.5 Å². The van der Waals surface area contributed by atoms with Crippen molar-refractivity contribution in [3.05, 3.63) is 51.7 Å². The summed E-state index contributed by atoms with van der Waals surface area (Å²) < 4.78 is 11.9. The first kappa shape index (κ1) is 27.3. The number of carbonyl (C=O) groups excluding carboxylic acids is 2. The van der Waals surface area contributed by atoms with Crippen LogP contribution in [-0.4, -0.2) is 88.3 Å². The number of hydrogen-bond acceptors (Lipinski definition) is 8. The second kappa shape index (κ2) is 12.1. The highest BCUT2D eigenvalue weighted by atomic mass is 79.9. The summed E-state index contributed by atoms with van der Waals surface area (Å²) in [7, 11) is 1.56. The molecule has 0 saturated carbocycles. The fourth-order valence-corrected chi connectivity index (χ4v) is 4.65. The number of nitrogens with one attached hydrogen (secondary N) is 1. The van der Waals surface area contributed by atoms with E-state index >= 15 is 0 Å². The van der Waals surface area contributed by atoms with Crippen LogP contribution < -0.4 is 5.32 Å². The summed E-state index contributed by atoms with van der Waals surface area (Å²) in [6.45, 7) is 8.92. The molecule has 0 unspecified atom stereocenters. The van der Waals surface area contributed by atoms with Crippen molar-refractivity contribution in [2.75, 3.05) is 39.9 Å². The predicted molar refractivity (Wildman–Crippen MR) is 134 cm³/mol. The Morgan fingerprint density at radius 2 is 2.06 bits per heavy atom. The fourth-order valence-electron chi connectivity index (χ4n) is 3.88. The Labute approximate surface area is 218 Å². The standard InChI is InChI=1S/C17H23BrClN3O3.C6H7N3O/c1-17(2,3)25-16(23)21-8-12-10-24-5-4-22(12)13(9-21)11-6-14(18)20-15(19)7-11;1-7-6(10)5-2-3-8-4-9-5/h6-7,12-13H,4-5,8-10H2,1-3H3;2-4H,1H3,(H,7,10)/t12-,13+;/m1./s1. The normalized spacial score (nSPS) is 20.2. The zero-order valence-corrected chi connectivity index (χ0v) is 22.5. The van der Waals surface area contributed by atoms with E-state index in [9.17, 15) is 9.59 Å². The molecule has 2 aromatic heterocycles. The summed E-state index contributed by atoms with van der Waals surface area (Å²) in [5.74, 6) is -0.192. The summed E-state index contributed by atoms with van der Waals surface area (Å²) in [6.07, 6.45) is 2.57. The molecule has 2 aliphatic heterocycles. The molecule has 0 aromatic carbocycles. The monoisotopic (exact) mass is 568 g/mol. The third-order valence-corrected chi connectivity index (χ3v) is 5.96. The molecule has 1 N–H and O–H groups in total. The van der Waals surface area contributed by atoms with Gasteiger partial charge in [-0.25, -0.2) is 19.7 Å². The number of halogens is 2. The lowest BCUT2D eigenvalue weighted by Gasteiger charge is -2.48. The van der Waals surface area contributed by atoms with E-state index in [0.29, 0.717) is 41.8 Å². The van der Waals surface area contributed by atoms with Crippen LogP contribution in [-0.2, 0) is 9.47 Å². The highest BCUT2D eigenvalue weighted by Gasteiger charge is 2.40. The number of carbonyl (C=O) groups is 2. The van der Waals surface area contributed by atoms with Gasteiger partial charge in [-0.2, -0.15) is 0 Å². The zero-order valence-electron chi connectivity index (χ0n) is 20.2. The summed E-state index contributed by atoms with van der Waals surface area (Å²) in [4.78, 5) is 39.1. The molecular weight excluding hydrogens is 540 g/mol. The highest BCUT2D eigenvalue weighted by molar-refractivity contribution is 9.10. The van der Waals surface area contributed by atoms with Crippen molar-refractivity contribution in [2.24, 2.45) is 0 Å². The smallest absolute Gasteiger partial charge is 0.410 e. The van der Waals surface area contributed by atoms with Crippen molar-refractivity contribution in [3.8, 4) is 0 Å². The maximum atomic E-state index is 12.6. The summed E-state index contributed by atoms with van der Waals surface area (Å²) in [5.41, 5.74) is 0.903. The van der Waals surface area contributed by atoms with Crippen LogP contribution in [0.3, 0.4) is 0 Å². The maximum Gasteiger partial charge on any atom is 0.410 e. The zero-order chi connectivity index (χ0) is 25.6. The molecule has 10 nitrogen and oxygen atoms in total. The SMILES string of the molecule is CC(C)(C)OC(=O)N1C[C@@H]2COCCN2[C@H](c2cc(Cl)nc(Br)c2)C1.CNC(=O)c1ccncn1. The van der Waals surface area contributed by atoms with Crippen LogP contribution in [0.2, 0.25) is 5.15 Å². The topological polar surface area (TPSA) is 110 Å². The van der Waals surface area contributed by atoms with Crippen LogP contribution >= 0.6 is 27.5 Å². The first-order chi connectivity index (χ1) is 16.6. The molecule has 4 heterocycles. The van der Waals surface area contributed by atoms with Crippen molar-refractivity contribution < 1.29 is 19.1 Å². The van der Waals surface area contributed by atoms with Crippen LogP contribution in [0.1, 0.15) is 42.9 Å². The molecule has 2 saturated heterocycles. The van der Waals surface area contributed by atoms with E-state index in [0.717, 1.165) is 12.1 Å². The number of fused-ring (bicyclic) bond motifs is 1. The minimum absolute atomic E-state index is 0.0342. The van der Waals surface area contributed by atoms with Crippen molar-refractivity contribution in [2.45, 2.75) is 38.5 Å². The van der Waals surface area contributed by atoms with Gasteiger partial charge in [0.25, 0.3) is 5.91 Å². The van der Waals surface area contributed by atoms with Crippen molar-refractivity contribution in [1.29, 1.82) is 0 Å². The molecule has 2 aliphatic rings. The molecule has 2 fully saturated rings. The summed E-state index contributed by atoms with van der Waals surface area (Å²) >= 11 is 9.55. The van der Waals surface area contributed by atoms with Gasteiger partial charge >= 0.3 is 6.09 Å². The average Bonchev–Trinajstić information content (AvgIpc) is 2.82. The molecule has 2 atom stereocenters. The molecule has 35 heavy (non-hydrogen) atoms. The number of nitrogens with zero attached hydrogens (tertiary/aromatic N) is 5. The molecule has 12 heteroatoms. The van der Waals surface area contributed by atoms with Gasteiger partial charge in [0.1, 0.15) is 27.4 Å². The Balaban J connectivity index is 0.000000287. The minimum atomic E-state index is -0.518. The van der Waals surface area contributed by atoms with E-state index in [1.54, 1.807) is 18.0 Å². The Morgan fingerprint density at radius 1 is 1.29 bits per heavy atom. The number of amides is 2. The Kier molecular flexibility index (Phi) is 9.40. The number of ether oxygens (including phenoxy) is 2. The molecular formula is C23H30BrClN6O4. The van der Waals surface area contributed by atoms with E-state index in [2.05, 4.69) is 41.1 Å². The van der Waals surface area contributed by atoms with Crippen LogP contribution in [0.15, 0.2) is 35.3 Å². The van der Waals surface area contributed by atoms with Gasteiger partial charge in [-0.3, -0.25) is 9.69 Å². The lowest BCUT2D eigenvalue weighted by Crippen LogP contribution is -2.60. The molecule has 2 aromatic rings. The number of morpholine rings is 1. The first-order valence-electron chi connectivity index (χ1n) is 11.2. The Bertz CT molecular complexity index is 1000. The van der Waals surface area contributed by atoms with Crippen molar-refractivity contribution in [1.82, 2.24) is 30.1 Å². The number of hydrogen-bond donors (Lipinski definition) is 1. The van der Waals surface area contributed by atoms with Crippen LogP contribution in [0, 0.1) is 0 Å². The summed E-state index contributed by atoms with van der Waals surface area (Å²) in [5, 5.41) is 2.89. The average molecular weight is 570 g/mol. The molecule has 4 rings (SSSR count). The number of pyridine rings is 1. The van der Waals surface area contributed by atoms with Gasteiger partial charge < -0.3 is 19.7 Å². The van der Waals surface area contributed by atoms with E-state index in [-0.39, 0.29) is 24.1 Å². The third kappa shape index (κ3) is 7.83. The minimum Gasteiger partial charge on any atom is -0.444 e. The van der Waals surface area contributed by atoms with Gasteiger partial charge in [-0.05, 0) is 60.5 Å². The Morgan fingerprint density at radius 3 is 2.69 bits per heavy atom. The van der Waals surface area contributed by atoms with Crippen LogP contribution in [0.5, 0.6) is 0 Å². The van der Waals surface area contributed by atoms with Crippen molar-refractivity contribution in [3.63, 3.8) is 0 Å².